The van der Waals surface area contributed by atoms with E-state index in [1.807, 2.05) is 0 Å². The van der Waals surface area contributed by atoms with Crippen LogP contribution in [-0.4, -0.2) is 48.6 Å². The number of nitrogens with one attached hydrogen (secondary N) is 2. The lowest BCUT2D eigenvalue weighted by atomic mass is 9.54. The van der Waals surface area contributed by atoms with Gasteiger partial charge in [0.2, 0.25) is 5.91 Å². The molecule has 1 amide bonds. The lowest BCUT2D eigenvalue weighted by molar-refractivity contribution is -0.129. The Bertz CT molecular complexity index is 459. The fourth-order valence-corrected chi connectivity index (χ4v) is 6.96. The van der Waals surface area contributed by atoms with Crippen LogP contribution in [0.3, 0.4) is 0 Å². The molecule has 0 radical (unpaired) electrons. The predicted molar refractivity (Wildman–Crippen MR) is 94.6 cm³/mol. The number of carbonyl (C=O) groups is 1. The Hall–Kier alpha value is -0.610. The summed E-state index contributed by atoms with van der Waals surface area (Å²) in [6, 6.07) is 1.25. The van der Waals surface area contributed by atoms with Crippen molar-refractivity contribution in [2.75, 3.05) is 19.6 Å². The maximum absolute atomic E-state index is 13.0. The zero-order valence-electron chi connectivity index (χ0n) is 14.9. The topological polar surface area (TPSA) is 44.4 Å². The smallest absolute Gasteiger partial charge is 0.237 e. The predicted octanol–water partition coefficient (Wildman–Crippen LogP) is 2.14. The van der Waals surface area contributed by atoms with Crippen LogP contribution in [0.15, 0.2) is 0 Å². The number of hydrogen-bond acceptors (Lipinski definition) is 3. The first-order valence-corrected chi connectivity index (χ1v) is 10.5. The van der Waals surface area contributed by atoms with Gasteiger partial charge >= 0.3 is 0 Å². The quantitative estimate of drug-likeness (QED) is 0.830. The molecule has 2 N–H and O–H groups in total. The highest BCUT2D eigenvalue weighted by molar-refractivity contribution is 5.82. The lowest BCUT2D eigenvalue weighted by Crippen LogP contribution is -2.58. The van der Waals surface area contributed by atoms with E-state index in [0.29, 0.717) is 18.0 Å². The number of nitrogens with zero attached hydrogens (tertiary/aromatic N) is 1. The molecular weight excluding hydrogens is 298 g/mol. The molecule has 0 unspecified atom stereocenters. The largest absolute Gasteiger partial charge is 0.351 e. The molecule has 4 heteroatoms. The average Bonchev–Trinajstić information content (AvgIpc) is 3.22. The summed E-state index contributed by atoms with van der Waals surface area (Å²) in [6.07, 6.45) is 11.9. The average molecular weight is 332 g/mol. The molecule has 2 aliphatic heterocycles. The van der Waals surface area contributed by atoms with Gasteiger partial charge in [0.25, 0.3) is 0 Å². The van der Waals surface area contributed by atoms with E-state index in [-0.39, 0.29) is 6.04 Å². The van der Waals surface area contributed by atoms with Gasteiger partial charge in [0.05, 0.1) is 6.04 Å². The molecule has 4 saturated carbocycles. The minimum Gasteiger partial charge on any atom is -0.351 e. The molecular formula is C20H33N3O. The van der Waals surface area contributed by atoms with Crippen molar-refractivity contribution in [1.82, 2.24) is 15.5 Å². The molecule has 4 aliphatic carbocycles. The van der Waals surface area contributed by atoms with E-state index in [0.717, 1.165) is 49.7 Å². The maximum atomic E-state index is 13.0. The zero-order valence-corrected chi connectivity index (χ0v) is 14.9. The summed E-state index contributed by atoms with van der Waals surface area (Å²) in [5.74, 6) is 3.89. The molecule has 0 aromatic carbocycles. The Labute approximate surface area is 146 Å². The Balaban J connectivity index is 1.21. The highest BCUT2D eigenvalue weighted by Crippen LogP contribution is 2.53. The van der Waals surface area contributed by atoms with Gasteiger partial charge in [-0.3, -0.25) is 9.69 Å². The van der Waals surface area contributed by atoms with Crippen LogP contribution in [0.25, 0.3) is 0 Å². The SMILES string of the molecule is O=C(NC1C2CC3CC(C2)CC1C3)[C@@H]1CCCN1C[C@@H]1CCCN1. The number of carbonyl (C=O) groups excluding carboxylic acids is 1. The van der Waals surface area contributed by atoms with Crippen molar-refractivity contribution in [1.29, 1.82) is 0 Å². The highest BCUT2D eigenvalue weighted by Gasteiger charge is 2.49. The minimum atomic E-state index is 0.143. The van der Waals surface area contributed by atoms with E-state index in [4.69, 9.17) is 0 Å². The fourth-order valence-electron chi connectivity index (χ4n) is 6.96. The van der Waals surface area contributed by atoms with Gasteiger partial charge in [-0.05, 0) is 94.5 Å². The summed E-state index contributed by atoms with van der Waals surface area (Å²) in [6.45, 7) is 3.33. The maximum Gasteiger partial charge on any atom is 0.237 e. The monoisotopic (exact) mass is 331 g/mol. The van der Waals surface area contributed by atoms with Crippen molar-refractivity contribution in [3.05, 3.63) is 0 Å². The summed E-state index contributed by atoms with van der Waals surface area (Å²) >= 11 is 0. The van der Waals surface area contributed by atoms with Crippen LogP contribution in [0.2, 0.25) is 0 Å². The van der Waals surface area contributed by atoms with E-state index in [1.54, 1.807) is 0 Å². The molecule has 0 aromatic rings. The Morgan fingerprint density at radius 1 is 1.00 bits per heavy atom. The van der Waals surface area contributed by atoms with Crippen molar-refractivity contribution in [3.63, 3.8) is 0 Å². The summed E-state index contributed by atoms with van der Waals surface area (Å²) in [4.78, 5) is 15.5. The Morgan fingerprint density at radius 2 is 1.75 bits per heavy atom. The van der Waals surface area contributed by atoms with E-state index in [1.165, 1.54) is 51.4 Å². The van der Waals surface area contributed by atoms with Crippen LogP contribution >= 0.6 is 0 Å². The van der Waals surface area contributed by atoms with Gasteiger partial charge in [0, 0.05) is 18.6 Å². The molecule has 4 nitrogen and oxygen atoms in total. The minimum absolute atomic E-state index is 0.143. The lowest BCUT2D eigenvalue weighted by Gasteiger charge is -2.54. The third-order valence-corrected chi connectivity index (χ3v) is 7.82. The van der Waals surface area contributed by atoms with Gasteiger partial charge in [-0.2, -0.15) is 0 Å². The van der Waals surface area contributed by atoms with Crippen LogP contribution in [0, 0.1) is 23.7 Å². The van der Waals surface area contributed by atoms with Gasteiger partial charge in [0.1, 0.15) is 0 Å². The molecule has 2 atom stereocenters. The molecule has 0 spiro atoms. The molecule has 4 bridgehead atoms. The van der Waals surface area contributed by atoms with Gasteiger partial charge in [-0.15, -0.1) is 0 Å². The second-order valence-corrected chi connectivity index (χ2v) is 9.41. The second-order valence-electron chi connectivity index (χ2n) is 9.41. The molecule has 134 valence electrons. The van der Waals surface area contributed by atoms with Crippen molar-refractivity contribution in [2.24, 2.45) is 23.7 Å². The van der Waals surface area contributed by atoms with E-state index in [2.05, 4.69) is 15.5 Å². The van der Waals surface area contributed by atoms with Crippen LogP contribution in [0.1, 0.15) is 57.8 Å². The molecule has 2 heterocycles. The summed E-state index contributed by atoms with van der Waals surface area (Å²) in [7, 11) is 0. The standard InChI is InChI=1S/C20H33N3O/c24-20(18-4-2-6-23(18)12-17-3-1-5-21-17)22-19-15-8-13-7-14(10-15)11-16(19)9-13/h13-19,21H,1-12H2,(H,22,24)/t13?,14?,15?,16?,17-,18-,19?/m0/s1. The normalized spacial score (nSPS) is 47.4. The van der Waals surface area contributed by atoms with E-state index in [9.17, 15) is 4.79 Å². The van der Waals surface area contributed by atoms with Crippen molar-refractivity contribution in [2.45, 2.75) is 75.9 Å². The number of likely N-dealkylation sites (tertiary alicyclic amines) is 1. The summed E-state index contributed by atoms with van der Waals surface area (Å²) in [5.41, 5.74) is 0. The number of rotatable bonds is 4. The number of hydrogen-bond donors (Lipinski definition) is 2. The Kier molecular flexibility index (Phi) is 4.09. The first kappa shape index (κ1) is 15.6. The van der Waals surface area contributed by atoms with Gasteiger partial charge in [0.15, 0.2) is 0 Å². The van der Waals surface area contributed by atoms with E-state index >= 15 is 0 Å². The van der Waals surface area contributed by atoms with E-state index < -0.39 is 0 Å². The van der Waals surface area contributed by atoms with Gasteiger partial charge in [-0.1, -0.05) is 0 Å². The van der Waals surface area contributed by atoms with Crippen LogP contribution in [0.4, 0.5) is 0 Å². The Morgan fingerprint density at radius 3 is 2.42 bits per heavy atom. The summed E-state index contributed by atoms with van der Waals surface area (Å²) in [5, 5.41) is 7.15. The zero-order chi connectivity index (χ0) is 16.1. The molecule has 6 fully saturated rings. The van der Waals surface area contributed by atoms with Crippen LogP contribution in [0.5, 0.6) is 0 Å². The molecule has 6 aliphatic rings. The number of amides is 1. The molecule has 0 aromatic heterocycles. The third-order valence-electron chi connectivity index (χ3n) is 7.82. The van der Waals surface area contributed by atoms with Gasteiger partial charge in [-0.25, -0.2) is 0 Å². The van der Waals surface area contributed by atoms with Gasteiger partial charge < -0.3 is 10.6 Å². The third kappa shape index (κ3) is 2.80. The fraction of sp³-hybridized carbons (Fsp3) is 0.950. The molecule has 6 rings (SSSR count). The van der Waals surface area contributed by atoms with Crippen molar-refractivity contribution in [3.8, 4) is 0 Å². The summed E-state index contributed by atoms with van der Waals surface area (Å²) < 4.78 is 0. The second kappa shape index (κ2) is 6.28. The van der Waals surface area contributed by atoms with Crippen LogP contribution < -0.4 is 10.6 Å². The van der Waals surface area contributed by atoms with Crippen molar-refractivity contribution >= 4 is 5.91 Å². The molecule has 24 heavy (non-hydrogen) atoms. The first-order valence-electron chi connectivity index (χ1n) is 10.5. The highest BCUT2D eigenvalue weighted by atomic mass is 16.2. The first-order chi connectivity index (χ1) is 11.8. The van der Waals surface area contributed by atoms with Crippen molar-refractivity contribution < 1.29 is 4.79 Å². The van der Waals surface area contributed by atoms with Crippen LogP contribution in [-0.2, 0) is 4.79 Å². The molecule has 2 saturated heterocycles.